The van der Waals surface area contributed by atoms with Crippen LogP contribution in [-0.2, 0) is 5.92 Å². The first-order valence-electron chi connectivity index (χ1n) is 6.07. The Labute approximate surface area is 135 Å². The van der Waals surface area contributed by atoms with Gasteiger partial charge in [-0.15, -0.1) is 0 Å². The lowest BCUT2D eigenvalue weighted by atomic mass is 9.90. The molecule has 0 bridgehead atoms. The Morgan fingerprint density at radius 3 is 1.31 bits per heavy atom. The third kappa shape index (κ3) is 2.73. The van der Waals surface area contributed by atoms with Crippen LogP contribution in [0.3, 0.4) is 0 Å². The van der Waals surface area contributed by atoms with E-state index in [1.54, 1.807) is 0 Å². The summed E-state index contributed by atoms with van der Waals surface area (Å²) >= 11 is 0. The molecule has 0 unspecified atom stereocenters. The second-order valence-corrected chi connectivity index (χ2v) is 4.96. The van der Waals surface area contributed by atoms with Crippen molar-refractivity contribution >= 4 is 5.69 Å². The van der Waals surface area contributed by atoms with Crippen molar-refractivity contribution in [1.82, 2.24) is 0 Å². The van der Waals surface area contributed by atoms with Crippen molar-refractivity contribution in [1.29, 1.82) is 0 Å². The maximum absolute atomic E-state index is 13.7. The van der Waals surface area contributed by atoms with E-state index in [4.69, 9.17) is 5.73 Å². The van der Waals surface area contributed by atoms with E-state index in [9.17, 15) is 57.1 Å². The fourth-order valence-electron chi connectivity index (χ4n) is 1.72. The molecule has 0 fully saturated rings. The summed E-state index contributed by atoms with van der Waals surface area (Å²) in [6.07, 6.45) is -7.43. The molecule has 1 rings (SSSR count). The maximum Gasteiger partial charge on any atom is 0.460 e. The van der Waals surface area contributed by atoms with Gasteiger partial charge >= 0.3 is 35.8 Å². The summed E-state index contributed by atoms with van der Waals surface area (Å²) in [6, 6.07) is 1.83. The molecule has 0 amide bonds. The zero-order valence-corrected chi connectivity index (χ0v) is 11.8. The molecule has 0 atom stereocenters. The smallest absolute Gasteiger partial charge is 0.398 e. The first-order valence-corrected chi connectivity index (χ1v) is 6.07. The number of nitrogen functional groups attached to an aromatic ring is 1. The van der Waals surface area contributed by atoms with Crippen LogP contribution < -0.4 is 5.73 Å². The van der Waals surface area contributed by atoms with Crippen LogP contribution in [-0.4, -0.2) is 29.9 Å². The minimum atomic E-state index is -7.92. The average Bonchev–Trinajstić information content (AvgIpc) is 2.45. The van der Waals surface area contributed by atoms with E-state index in [-0.39, 0.29) is 6.07 Å². The molecule has 0 aromatic heterocycles. The Bertz CT molecular complexity index is 661. The normalized spacial score (nSPS) is 15.3. The highest BCUT2D eigenvalue weighted by Crippen LogP contribution is 2.62. The van der Waals surface area contributed by atoms with E-state index < -0.39 is 47.0 Å². The van der Waals surface area contributed by atoms with E-state index in [1.165, 1.54) is 0 Å². The van der Waals surface area contributed by atoms with E-state index in [1.807, 2.05) is 0 Å². The van der Waals surface area contributed by atoms with Crippen molar-refractivity contribution < 1.29 is 57.1 Å². The molecule has 0 aliphatic rings. The van der Waals surface area contributed by atoms with Crippen molar-refractivity contribution in [3.63, 3.8) is 0 Å². The minimum absolute atomic E-state index is 0.0145. The largest absolute Gasteiger partial charge is 0.460 e. The Morgan fingerprint density at radius 1 is 0.538 bits per heavy atom. The maximum atomic E-state index is 13.7. The summed E-state index contributed by atoms with van der Waals surface area (Å²) in [6.45, 7) is 0. The highest BCUT2D eigenvalue weighted by molar-refractivity contribution is 5.50. The van der Waals surface area contributed by atoms with Crippen molar-refractivity contribution in [2.45, 2.75) is 35.8 Å². The van der Waals surface area contributed by atoms with Gasteiger partial charge in [-0.25, -0.2) is 0 Å². The Hall–Kier alpha value is -1.89. The first-order chi connectivity index (χ1) is 11.3. The van der Waals surface area contributed by atoms with Gasteiger partial charge in [0.05, 0.1) is 5.56 Å². The van der Waals surface area contributed by atoms with Crippen LogP contribution in [0.15, 0.2) is 24.3 Å². The van der Waals surface area contributed by atoms with Gasteiger partial charge < -0.3 is 5.73 Å². The zero-order chi connectivity index (χ0) is 21.0. The quantitative estimate of drug-likeness (QED) is 0.505. The molecular formula is C12H6F13N. The average molecular weight is 411 g/mol. The summed E-state index contributed by atoms with van der Waals surface area (Å²) in [5.74, 6) is -37.2. The Kier molecular flexibility index (Phi) is 4.95. The van der Waals surface area contributed by atoms with E-state index in [2.05, 4.69) is 0 Å². The second-order valence-electron chi connectivity index (χ2n) is 4.96. The number of nitrogens with two attached hydrogens (primary N) is 1. The molecule has 14 heteroatoms. The van der Waals surface area contributed by atoms with E-state index >= 15 is 0 Å². The van der Waals surface area contributed by atoms with Crippen LogP contribution in [0.2, 0.25) is 0 Å². The van der Waals surface area contributed by atoms with E-state index in [0.29, 0.717) is 12.1 Å². The van der Waals surface area contributed by atoms with Gasteiger partial charge in [-0.1, -0.05) is 18.2 Å². The van der Waals surface area contributed by atoms with Gasteiger partial charge in [0.1, 0.15) is 0 Å². The van der Waals surface area contributed by atoms with Crippen LogP contribution in [0.25, 0.3) is 0 Å². The highest BCUT2D eigenvalue weighted by atomic mass is 19.4. The Balaban J connectivity index is 3.61. The van der Waals surface area contributed by atoms with Gasteiger partial charge in [-0.2, -0.15) is 57.1 Å². The third-order valence-corrected chi connectivity index (χ3v) is 3.23. The lowest BCUT2D eigenvalue weighted by molar-refractivity contribution is -0.441. The van der Waals surface area contributed by atoms with E-state index in [0.717, 1.165) is 6.07 Å². The number of para-hydroxylation sites is 1. The Morgan fingerprint density at radius 2 is 0.923 bits per heavy atom. The minimum Gasteiger partial charge on any atom is -0.398 e. The second kappa shape index (κ2) is 5.81. The van der Waals surface area contributed by atoms with Gasteiger partial charge in [0.15, 0.2) is 0 Å². The number of benzene rings is 1. The molecule has 0 heterocycles. The number of rotatable bonds is 5. The zero-order valence-electron chi connectivity index (χ0n) is 11.8. The van der Waals surface area contributed by atoms with Gasteiger partial charge in [-0.3, -0.25) is 0 Å². The number of halogens is 13. The van der Waals surface area contributed by atoms with Crippen molar-refractivity contribution in [3.05, 3.63) is 29.8 Å². The van der Waals surface area contributed by atoms with Crippen molar-refractivity contribution in [3.8, 4) is 0 Å². The topological polar surface area (TPSA) is 26.0 Å². The molecule has 0 saturated carbocycles. The predicted molar refractivity (Wildman–Crippen MR) is 60.6 cm³/mol. The van der Waals surface area contributed by atoms with Gasteiger partial charge in [0.25, 0.3) is 0 Å². The summed E-state index contributed by atoms with van der Waals surface area (Å²) in [4.78, 5) is 0. The van der Waals surface area contributed by atoms with Crippen molar-refractivity contribution in [2.75, 3.05) is 5.73 Å². The number of hydrogen-bond acceptors (Lipinski definition) is 1. The molecule has 1 aromatic rings. The number of anilines is 1. The molecule has 26 heavy (non-hydrogen) atoms. The molecule has 0 spiro atoms. The monoisotopic (exact) mass is 411 g/mol. The van der Waals surface area contributed by atoms with Gasteiger partial charge in [0.2, 0.25) is 0 Å². The molecule has 1 aromatic carbocycles. The molecule has 0 saturated heterocycles. The molecule has 2 N–H and O–H groups in total. The third-order valence-electron chi connectivity index (χ3n) is 3.23. The van der Waals surface area contributed by atoms with Crippen LogP contribution in [0, 0.1) is 0 Å². The van der Waals surface area contributed by atoms with Crippen molar-refractivity contribution in [2.24, 2.45) is 0 Å². The summed E-state index contributed by atoms with van der Waals surface area (Å²) in [5.41, 5.74) is 1.35. The van der Waals surface area contributed by atoms with Gasteiger partial charge in [-0.05, 0) is 6.07 Å². The molecule has 1 nitrogen and oxygen atoms in total. The molecule has 150 valence electrons. The number of alkyl halides is 13. The number of hydrogen-bond donors (Lipinski definition) is 1. The fourth-order valence-corrected chi connectivity index (χ4v) is 1.72. The molecule has 0 radical (unpaired) electrons. The lowest BCUT2D eigenvalue weighted by Crippen LogP contribution is -2.69. The van der Waals surface area contributed by atoms with Gasteiger partial charge in [0, 0.05) is 5.69 Å². The van der Waals surface area contributed by atoms with Crippen LogP contribution >= 0.6 is 0 Å². The van der Waals surface area contributed by atoms with Crippen LogP contribution in [0.5, 0.6) is 0 Å². The fraction of sp³-hybridized carbons (Fsp3) is 0.500. The van der Waals surface area contributed by atoms with Crippen LogP contribution in [0.1, 0.15) is 5.56 Å². The SMILES string of the molecule is Nc1ccccc1C(F)(F)C(F)(F)C(F)(F)C(F)(F)C(F)(F)C(F)(F)F. The molecule has 0 aliphatic carbocycles. The van der Waals surface area contributed by atoms with Crippen LogP contribution in [0.4, 0.5) is 62.8 Å². The first kappa shape index (κ1) is 22.2. The summed E-state index contributed by atoms with van der Waals surface area (Å²) < 4.78 is 168. The molecular weight excluding hydrogens is 405 g/mol. The summed E-state index contributed by atoms with van der Waals surface area (Å²) in [7, 11) is 0. The molecule has 0 aliphatic heterocycles. The summed E-state index contributed by atoms with van der Waals surface area (Å²) in [5, 5.41) is 0. The predicted octanol–water partition coefficient (Wildman–Crippen LogP) is 5.46. The highest BCUT2D eigenvalue weighted by Gasteiger charge is 2.90. The lowest BCUT2D eigenvalue weighted by Gasteiger charge is -2.40. The standard InChI is InChI=1S/C12H6F13N/c13-7(14,5-3-1-2-4-6(5)26)8(15,16)9(17,18)10(19,20)11(21,22)12(23,24)25/h1-4H,26H2.